The van der Waals surface area contributed by atoms with Crippen LogP contribution in [0.2, 0.25) is 5.02 Å². The minimum absolute atomic E-state index is 0.0615. The molecule has 0 radical (unpaired) electrons. The van der Waals surface area contributed by atoms with E-state index in [0.29, 0.717) is 17.1 Å². The lowest BCUT2D eigenvalue weighted by Gasteiger charge is -2.39. The van der Waals surface area contributed by atoms with Gasteiger partial charge in [-0.1, -0.05) is 11.6 Å². The summed E-state index contributed by atoms with van der Waals surface area (Å²) in [4.78, 5) is 27.9. The molecule has 118 valence electrons. The monoisotopic (exact) mass is 324 g/mol. The minimum Gasteiger partial charge on any atom is -0.395 e. The van der Waals surface area contributed by atoms with Gasteiger partial charge in [-0.25, -0.2) is 0 Å². The number of hydrogen-bond acceptors (Lipinski definition) is 4. The van der Waals surface area contributed by atoms with Crippen molar-refractivity contribution < 1.29 is 19.8 Å². The molecule has 2 atom stereocenters. The van der Waals surface area contributed by atoms with Gasteiger partial charge in [0.05, 0.1) is 12.7 Å². The molecule has 0 bridgehead atoms. The molecule has 0 aromatic heterocycles. The Labute approximate surface area is 132 Å². The Kier molecular flexibility index (Phi) is 4.08. The van der Waals surface area contributed by atoms with Crippen LogP contribution in [0, 0.1) is 0 Å². The highest BCUT2D eigenvalue weighted by Crippen LogP contribution is 2.34. The number of hydrogen-bond donors (Lipinski definition) is 2. The quantitative estimate of drug-likeness (QED) is 0.813. The number of aliphatic hydroxyl groups excluding tert-OH is 2. The fraction of sp³-hybridized carbons (Fsp3) is 0.467. The maximum Gasteiger partial charge on any atom is 0.247 e. The van der Waals surface area contributed by atoms with Gasteiger partial charge in [-0.15, -0.1) is 0 Å². The zero-order chi connectivity index (χ0) is 15.9. The molecule has 0 spiro atoms. The molecule has 7 heteroatoms. The summed E-state index contributed by atoms with van der Waals surface area (Å²) >= 11 is 5.99. The second-order valence-electron chi connectivity index (χ2n) is 5.63. The van der Waals surface area contributed by atoms with Crippen molar-refractivity contribution in [2.45, 2.75) is 25.0 Å². The maximum atomic E-state index is 12.6. The van der Waals surface area contributed by atoms with Gasteiger partial charge in [0, 0.05) is 30.1 Å². The van der Waals surface area contributed by atoms with Gasteiger partial charge in [-0.05, 0) is 23.8 Å². The lowest BCUT2D eigenvalue weighted by Crippen LogP contribution is -2.61. The highest BCUT2D eigenvalue weighted by atomic mass is 35.5. The van der Waals surface area contributed by atoms with Crippen LogP contribution in [0.1, 0.15) is 12.0 Å². The number of fused-ring (bicyclic) bond motifs is 3. The number of benzene rings is 1. The highest BCUT2D eigenvalue weighted by molar-refractivity contribution is 6.30. The predicted octanol–water partition coefficient (Wildman–Crippen LogP) is 0.183. The van der Waals surface area contributed by atoms with Crippen LogP contribution in [0.3, 0.4) is 0 Å². The molecule has 2 N–H and O–H groups in total. The number of halogens is 1. The fourth-order valence-corrected chi connectivity index (χ4v) is 3.37. The summed E-state index contributed by atoms with van der Waals surface area (Å²) in [6, 6.07) is 4.38. The summed E-state index contributed by atoms with van der Waals surface area (Å²) in [5.74, 6) is -0.453. The molecule has 2 aliphatic heterocycles. The number of rotatable bonds is 2. The molecule has 1 fully saturated rings. The molecule has 2 amide bonds. The van der Waals surface area contributed by atoms with Crippen LogP contribution < -0.4 is 4.90 Å². The zero-order valence-corrected chi connectivity index (χ0v) is 12.7. The van der Waals surface area contributed by atoms with E-state index in [1.54, 1.807) is 18.2 Å². The summed E-state index contributed by atoms with van der Waals surface area (Å²) in [5.41, 5.74) is 1.40. The van der Waals surface area contributed by atoms with Crippen molar-refractivity contribution in [2.75, 3.05) is 24.6 Å². The number of piperazine rings is 1. The molecule has 2 aliphatic rings. The van der Waals surface area contributed by atoms with Gasteiger partial charge < -0.3 is 15.1 Å². The molecular weight excluding hydrogens is 308 g/mol. The van der Waals surface area contributed by atoms with Crippen molar-refractivity contribution in [1.29, 1.82) is 0 Å². The van der Waals surface area contributed by atoms with E-state index >= 15 is 0 Å². The average Bonchev–Trinajstić information content (AvgIpc) is 2.60. The summed E-state index contributed by atoms with van der Waals surface area (Å²) in [5, 5.41) is 19.7. The SMILES string of the molecule is O=C1[C@H]2C[C@@H](O)Cc3cc(Cl)ccc3N2C(=O)CN1CCO. The molecule has 0 unspecified atom stereocenters. The van der Waals surface area contributed by atoms with Crippen molar-refractivity contribution >= 4 is 29.1 Å². The molecule has 6 nitrogen and oxygen atoms in total. The van der Waals surface area contributed by atoms with Gasteiger partial charge in [0.2, 0.25) is 11.8 Å². The zero-order valence-electron chi connectivity index (χ0n) is 11.9. The van der Waals surface area contributed by atoms with Crippen molar-refractivity contribution in [3.05, 3.63) is 28.8 Å². The number of β-amino-alcohol motifs (C(OH)–C–C–N with tert-alkyl or cyclic N) is 1. The summed E-state index contributed by atoms with van der Waals surface area (Å²) in [7, 11) is 0. The average molecular weight is 325 g/mol. The summed E-state index contributed by atoms with van der Waals surface area (Å²) in [6.07, 6.45) is -0.194. The van der Waals surface area contributed by atoms with E-state index in [-0.39, 0.29) is 37.9 Å². The van der Waals surface area contributed by atoms with Crippen molar-refractivity contribution in [1.82, 2.24) is 4.90 Å². The van der Waals surface area contributed by atoms with Crippen LogP contribution in [0.5, 0.6) is 0 Å². The van der Waals surface area contributed by atoms with Crippen molar-refractivity contribution in [2.24, 2.45) is 0 Å². The largest absolute Gasteiger partial charge is 0.395 e. The van der Waals surface area contributed by atoms with E-state index in [1.165, 1.54) is 9.80 Å². The van der Waals surface area contributed by atoms with Crippen molar-refractivity contribution in [3.63, 3.8) is 0 Å². The third-order valence-electron chi connectivity index (χ3n) is 4.13. The molecule has 2 heterocycles. The number of nitrogens with zero attached hydrogens (tertiary/aromatic N) is 2. The third kappa shape index (κ3) is 2.58. The molecule has 1 aromatic rings. The first-order valence-corrected chi connectivity index (χ1v) is 7.57. The lowest BCUT2D eigenvalue weighted by molar-refractivity contribution is -0.142. The first-order chi connectivity index (χ1) is 10.5. The van der Waals surface area contributed by atoms with E-state index in [9.17, 15) is 14.7 Å². The first-order valence-electron chi connectivity index (χ1n) is 7.19. The Morgan fingerprint density at radius 1 is 1.32 bits per heavy atom. The predicted molar refractivity (Wildman–Crippen MR) is 80.7 cm³/mol. The number of carbonyl (C=O) groups is 2. The van der Waals surface area contributed by atoms with Gasteiger partial charge in [0.1, 0.15) is 12.6 Å². The molecule has 22 heavy (non-hydrogen) atoms. The fourth-order valence-electron chi connectivity index (χ4n) is 3.18. The number of aliphatic hydroxyl groups is 2. The maximum absolute atomic E-state index is 12.6. The van der Waals surface area contributed by atoms with Crippen LogP contribution in [0.4, 0.5) is 5.69 Å². The van der Waals surface area contributed by atoms with E-state index < -0.39 is 12.1 Å². The Hall–Kier alpha value is -1.63. The van der Waals surface area contributed by atoms with Crippen molar-refractivity contribution in [3.8, 4) is 0 Å². The minimum atomic E-state index is -0.731. The molecule has 0 aliphatic carbocycles. The van der Waals surface area contributed by atoms with E-state index in [1.807, 2.05) is 0 Å². The number of amides is 2. The van der Waals surface area contributed by atoms with E-state index in [0.717, 1.165) is 5.56 Å². The lowest BCUT2D eigenvalue weighted by atomic mass is 10.0. The highest BCUT2D eigenvalue weighted by Gasteiger charge is 2.43. The van der Waals surface area contributed by atoms with Gasteiger partial charge in [0.25, 0.3) is 0 Å². The third-order valence-corrected chi connectivity index (χ3v) is 4.36. The Bertz CT molecular complexity index is 622. The van der Waals surface area contributed by atoms with Gasteiger partial charge in [-0.2, -0.15) is 0 Å². The summed E-state index contributed by atoms with van der Waals surface area (Å²) < 4.78 is 0. The second kappa shape index (κ2) is 5.87. The number of carbonyl (C=O) groups excluding carboxylic acids is 2. The Morgan fingerprint density at radius 2 is 2.09 bits per heavy atom. The molecular formula is C15H17ClN2O4. The standard InChI is InChI=1S/C15H17ClN2O4/c16-10-1-2-12-9(5-10)6-11(20)7-13-15(22)17(3-4-19)8-14(21)18(12)13/h1-2,5,11,13,19-20H,3-4,6-8H2/t11-,13+/m0/s1. The van der Waals surface area contributed by atoms with E-state index in [2.05, 4.69) is 0 Å². The van der Waals surface area contributed by atoms with Crippen LogP contribution in [0.15, 0.2) is 18.2 Å². The van der Waals surface area contributed by atoms with Crippen LogP contribution >= 0.6 is 11.6 Å². The van der Waals surface area contributed by atoms with Gasteiger partial charge in [0.15, 0.2) is 0 Å². The molecule has 1 aromatic carbocycles. The Balaban J connectivity index is 2.04. The normalized spacial score (nSPS) is 24.9. The van der Waals surface area contributed by atoms with Gasteiger partial charge >= 0.3 is 0 Å². The Morgan fingerprint density at radius 3 is 2.82 bits per heavy atom. The number of anilines is 1. The topological polar surface area (TPSA) is 81.1 Å². The molecule has 3 rings (SSSR count). The van der Waals surface area contributed by atoms with Crippen LogP contribution in [0.25, 0.3) is 0 Å². The van der Waals surface area contributed by atoms with Gasteiger partial charge in [-0.3, -0.25) is 14.5 Å². The van der Waals surface area contributed by atoms with Crippen LogP contribution in [-0.2, 0) is 16.0 Å². The molecule has 0 saturated carbocycles. The van der Waals surface area contributed by atoms with E-state index in [4.69, 9.17) is 16.7 Å². The summed E-state index contributed by atoms with van der Waals surface area (Å²) in [6.45, 7) is -0.132. The second-order valence-corrected chi connectivity index (χ2v) is 6.07. The molecule has 1 saturated heterocycles. The smallest absolute Gasteiger partial charge is 0.247 e. The first kappa shape index (κ1) is 15.3. The van der Waals surface area contributed by atoms with Crippen LogP contribution in [-0.4, -0.2) is 58.8 Å².